The molecule has 0 aliphatic rings. The Kier molecular flexibility index (Phi) is 5.92. The van der Waals surface area contributed by atoms with Gasteiger partial charge in [-0.3, -0.25) is 9.59 Å². The molecule has 2 aromatic rings. The van der Waals surface area contributed by atoms with E-state index in [1.54, 1.807) is 55.5 Å². The molecule has 4 heteroatoms. The van der Waals surface area contributed by atoms with Crippen molar-refractivity contribution in [2.75, 3.05) is 0 Å². The number of para-hydroxylation sites is 2. The summed E-state index contributed by atoms with van der Waals surface area (Å²) in [4.78, 5) is 24.6. The molecule has 2 aromatic carbocycles. The summed E-state index contributed by atoms with van der Waals surface area (Å²) in [7, 11) is 0. The Hall–Kier alpha value is -2.62. The zero-order chi connectivity index (χ0) is 16.7. The minimum absolute atomic E-state index is 0.420. The molecule has 0 N–H and O–H groups in total. The standard InChI is InChI=1S/C19H20O4/c1-3-17(19(21)23-16-12-8-5-9-13-16)14(2)18(20)22-15-10-6-4-7-11-15/h4-14,17H,3H2,1-2H3. The Balaban J connectivity index is 2.01. The van der Waals surface area contributed by atoms with Crippen LogP contribution >= 0.6 is 0 Å². The Bertz CT molecular complexity index is 637. The van der Waals surface area contributed by atoms with Gasteiger partial charge in [-0.25, -0.2) is 0 Å². The summed E-state index contributed by atoms with van der Waals surface area (Å²) in [5, 5.41) is 0. The third kappa shape index (κ3) is 4.68. The van der Waals surface area contributed by atoms with Crippen molar-refractivity contribution in [2.24, 2.45) is 11.8 Å². The first kappa shape index (κ1) is 16.7. The monoisotopic (exact) mass is 312 g/mol. The molecule has 4 nitrogen and oxygen atoms in total. The molecule has 0 bridgehead atoms. The second kappa shape index (κ2) is 8.13. The topological polar surface area (TPSA) is 52.6 Å². The largest absolute Gasteiger partial charge is 0.426 e. The van der Waals surface area contributed by atoms with Crippen molar-refractivity contribution < 1.29 is 19.1 Å². The summed E-state index contributed by atoms with van der Waals surface area (Å²) in [5.41, 5.74) is 0. The van der Waals surface area contributed by atoms with E-state index in [4.69, 9.17) is 9.47 Å². The van der Waals surface area contributed by atoms with Gasteiger partial charge in [-0.1, -0.05) is 50.2 Å². The molecule has 0 spiro atoms. The van der Waals surface area contributed by atoms with Crippen molar-refractivity contribution in [1.82, 2.24) is 0 Å². The third-order valence-corrected chi connectivity index (χ3v) is 3.64. The number of benzene rings is 2. The first-order valence-corrected chi connectivity index (χ1v) is 7.65. The highest BCUT2D eigenvalue weighted by molar-refractivity contribution is 5.84. The molecule has 0 fully saturated rings. The van der Waals surface area contributed by atoms with E-state index in [9.17, 15) is 9.59 Å². The van der Waals surface area contributed by atoms with Gasteiger partial charge in [0.1, 0.15) is 11.5 Å². The maximum absolute atomic E-state index is 12.3. The maximum Gasteiger partial charge on any atom is 0.315 e. The molecular weight excluding hydrogens is 292 g/mol. The zero-order valence-electron chi connectivity index (χ0n) is 13.3. The molecular formula is C19H20O4. The van der Waals surface area contributed by atoms with Gasteiger partial charge in [0.15, 0.2) is 0 Å². The Morgan fingerprint density at radius 2 is 1.26 bits per heavy atom. The number of rotatable bonds is 6. The van der Waals surface area contributed by atoms with Gasteiger partial charge in [0.05, 0.1) is 11.8 Å². The van der Waals surface area contributed by atoms with Crippen LogP contribution in [0.1, 0.15) is 20.3 Å². The van der Waals surface area contributed by atoms with Gasteiger partial charge >= 0.3 is 11.9 Å². The lowest BCUT2D eigenvalue weighted by Gasteiger charge is -2.19. The number of hydrogen-bond acceptors (Lipinski definition) is 4. The fourth-order valence-corrected chi connectivity index (χ4v) is 2.27. The molecule has 2 atom stereocenters. The molecule has 0 aromatic heterocycles. The summed E-state index contributed by atoms with van der Waals surface area (Å²) in [6, 6.07) is 17.6. The van der Waals surface area contributed by atoms with Gasteiger partial charge in [-0.05, 0) is 30.7 Å². The van der Waals surface area contributed by atoms with E-state index in [0.717, 1.165) is 0 Å². The summed E-state index contributed by atoms with van der Waals surface area (Å²) in [6.45, 7) is 3.54. The molecule has 120 valence electrons. The fraction of sp³-hybridized carbons (Fsp3) is 0.263. The third-order valence-electron chi connectivity index (χ3n) is 3.64. The quantitative estimate of drug-likeness (QED) is 0.600. The lowest BCUT2D eigenvalue weighted by molar-refractivity contribution is -0.149. The number of carbonyl (C=O) groups is 2. The number of esters is 2. The van der Waals surface area contributed by atoms with Crippen LogP contribution in [-0.2, 0) is 9.59 Å². The molecule has 2 unspecified atom stereocenters. The van der Waals surface area contributed by atoms with E-state index in [1.165, 1.54) is 0 Å². The first-order valence-electron chi connectivity index (χ1n) is 7.65. The van der Waals surface area contributed by atoms with Gasteiger partial charge in [0.25, 0.3) is 0 Å². The van der Waals surface area contributed by atoms with Crippen molar-refractivity contribution in [2.45, 2.75) is 20.3 Å². The van der Waals surface area contributed by atoms with Crippen LogP contribution in [0, 0.1) is 11.8 Å². The van der Waals surface area contributed by atoms with Gasteiger partial charge in [0.2, 0.25) is 0 Å². The van der Waals surface area contributed by atoms with E-state index >= 15 is 0 Å². The number of hydrogen-bond donors (Lipinski definition) is 0. The van der Waals surface area contributed by atoms with Gasteiger partial charge in [-0.15, -0.1) is 0 Å². The van der Waals surface area contributed by atoms with Gasteiger partial charge in [-0.2, -0.15) is 0 Å². The van der Waals surface area contributed by atoms with Gasteiger partial charge < -0.3 is 9.47 Å². The van der Waals surface area contributed by atoms with Crippen LogP contribution in [0.4, 0.5) is 0 Å². The minimum Gasteiger partial charge on any atom is -0.426 e. The smallest absolute Gasteiger partial charge is 0.315 e. The molecule has 23 heavy (non-hydrogen) atoms. The number of carbonyl (C=O) groups excluding carboxylic acids is 2. The van der Waals surface area contributed by atoms with Crippen molar-refractivity contribution >= 4 is 11.9 Å². The van der Waals surface area contributed by atoms with E-state index in [-0.39, 0.29) is 0 Å². The second-order valence-corrected chi connectivity index (χ2v) is 5.27. The molecule has 2 rings (SSSR count). The van der Waals surface area contributed by atoms with Gasteiger partial charge in [0, 0.05) is 0 Å². The average molecular weight is 312 g/mol. The predicted molar refractivity (Wildman–Crippen MR) is 87.1 cm³/mol. The lowest BCUT2D eigenvalue weighted by Crippen LogP contribution is -2.33. The zero-order valence-corrected chi connectivity index (χ0v) is 13.3. The van der Waals surface area contributed by atoms with Crippen molar-refractivity contribution in [3.8, 4) is 11.5 Å². The summed E-state index contributed by atoms with van der Waals surface area (Å²) >= 11 is 0. The Labute approximate surface area is 136 Å². The van der Waals surface area contributed by atoms with E-state index < -0.39 is 23.8 Å². The van der Waals surface area contributed by atoms with Crippen molar-refractivity contribution in [3.63, 3.8) is 0 Å². The Morgan fingerprint density at radius 3 is 1.70 bits per heavy atom. The van der Waals surface area contributed by atoms with E-state index in [1.807, 2.05) is 19.1 Å². The highest BCUT2D eigenvalue weighted by Gasteiger charge is 2.31. The van der Waals surface area contributed by atoms with Crippen LogP contribution in [0.25, 0.3) is 0 Å². The molecule has 0 aliphatic carbocycles. The summed E-state index contributed by atoms with van der Waals surface area (Å²) in [5.74, 6) is -1.05. The summed E-state index contributed by atoms with van der Waals surface area (Å²) in [6.07, 6.45) is 0.497. The van der Waals surface area contributed by atoms with Crippen LogP contribution in [0.2, 0.25) is 0 Å². The molecule has 0 heterocycles. The van der Waals surface area contributed by atoms with Crippen LogP contribution in [0.5, 0.6) is 11.5 Å². The van der Waals surface area contributed by atoms with Crippen molar-refractivity contribution in [1.29, 1.82) is 0 Å². The molecule has 0 saturated heterocycles. The first-order chi connectivity index (χ1) is 11.1. The normalized spacial score (nSPS) is 13.0. The van der Waals surface area contributed by atoms with Crippen LogP contribution in [0.15, 0.2) is 60.7 Å². The number of ether oxygens (including phenoxy) is 2. The van der Waals surface area contributed by atoms with Crippen LogP contribution < -0.4 is 9.47 Å². The lowest BCUT2D eigenvalue weighted by atomic mass is 9.92. The van der Waals surface area contributed by atoms with Crippen LogP contribution in [-0.4, -0.2) is 11.9 Å². The molecule has 0 amide bonds. The predicted octanol–water partition coefficient (Wildman–Crippen LogP) is 3.86. The van der Waals surface area contributed by atoms with E-state index in [2.05, 4.69) is 0 Å². The van der Waals surface area contributed by atoms with Crippen molar-refractivity contribution in [3.05, 3.63) is 60.7 Å². The van der Waals surface area contributed by atoms with E-state index in [0.29, 0.717) is 17.9 Å². The summed E-state index contributed by atoms with van der Waals surface area (Å²) < 4.78 is 10.7. The molecule has 0 aliphatic heterocycles. The highest BCUT2D eigenvalue weighted by Crippen LogP contribution is 2.22. The molecule has 0 radical (unpaired) electrons. The van der Waals surface area contributed by atoms with Crippen LogP contribution in [0.3, 0.4) is 0 Å². The average Bonchev–Trinajstić information content (AvgIpc) is 2.57. The highest BCUT2D eigenvalue weighted by atomic mass is 16.5. The maximum atomic E-state index is 12.3. The second-order valence-electron chi connectivity index (χ2n) is 5.27. The SMILES string of the molecule is CCC(C(=O)Oc1ccccc1)C(C)C(=O)Oc1ccccc1. The Morgan fingerprint density at radius 1 is 0.826 bits per heavy atom. The molecule has 0 saturated carbocycles. The minimum atomic E-state index is -0.587. The fourth-order valence-electron chi connectivity index (χ4n) is 2.27.